The Bertz CT molecular complexity index is 619. The zero-order valence-electron chi connectivity index (χ0n) is 10.6. The molecule has 1 aliphatic carbocycles. The van der Waals surface area contributed by atoms with Crippen molar-refractivity contribution in [2.75, 3.05) is 11.1 Å². The number of hydrogen-bond acceptors (Lipinski definition) is 2. The molecule has 6 heteroatoms. The van der Waals surface area contributed by atoms with E-state index in [1.54, 1.807) is 19.1 Å². The summed E-state index contributed by atoms with van der Waals surface area (Å²) in [5.74, 6) is -4.44. The van der Waals surface area contributed by atoms with Crippen molar-refractivity contribution in [3.05, 3.63) is 58.8 Å². The van der Waals surface area contributed by atoms with Crippen LogP contribution in [0, 0.1) is 17.5 Å². The third kappa shape index (κ3) is 2.68. The van der Waals surface area contributed by atoms with Crippen LogP contribution in [0.5, 0.6) is 0 Å². The second kappa shape index (κ2) is 5.40. The molecule has 3 N–H and O–H groups in total. The van der Waals surface area contributed by atoms with Crippen molar-refractivity contribution in [2.45, 2.75) is 13.3 Å². The summed E-state index contributed by atoms with van der Waals surface area (Å²) in [5, 5.41) is 2.31. The Morgan fingerprint density at radius 1 is 1.10 bits per heavy atom. The van der Waals surface area contributed by atoms with E-state index >= 15 is 0 Å². The Hall–Kier alpha value is -2.24. The van der Waals surface area contributed by atoms with Gasteiger partial charge in [-0.2, -0.15) is 0 Å². The summed E-state index contributed by atoms with van der Waals surface area (Å²) in [5.41, 5.74) is 4.86. The van der Waals surface area contributed by atoms with Gasteiger partial charge in [-0.1, -0.05) is 17.7 Å². The lowest BCUT2D eigenvalue weighted by atomic mass is 10.2. The fourth-order valence-electron chi connectivity index (χ4n) is 1.71. The first-order valence-corrected chi connectivity index (χ1v) is 5.83. The van der Waals surface area contributed by atoms with Crippen LogP contribution in [0.15, 0.2) is 41.4 Å². The number of rotatable bonds is 2. The van der Waals surface area contributed by atoms with Crippen molar-refractivity contribution in [2.24, 2.45) is 0 Å². The number of benzene rings is 1. The van der Waals surface area contributed by atoms with E-state index in [9.17, 15) is 17.6 Å². The maximum Gasteiger partial charge on any atom is 0.184 e. The zero-order valence-corrected chi connectivity index (χ0v) is 10.6. The predicted octanol–water partition coefficient (Wildman–Crippen LogP) is 4.19. The molecule has 20 heavy (non-hydrogen) atoms. The van der Waals surface area contributed by atoms with Crippen molar-refractivity contribution in [3.8, 4) is 0 Å². The quantitative estimate of drug-likeness (QED) is 0.485. The number of nitrogens with two attached hydrogens (primary N) is 1. The molecule has 0 atom stereocenters. The maximum atomic E-state index is 13.8. The molecule has 0 saturated carbocycles. The van der Waals surface area contributed by atoms with E-state index in [1.807, 2.05) is 0 Å². The molecular weight excluding hydrogens is 272 g/mol. The van der Waals surface area contributed by atoms with Gasteiger partial charge < -0.3 is 11.1 Å². The van der Waals surface area contributed by atoms with Crippen molar-refractivity contribution >= 4 is 11.4 Å². The number of nitrogen functional groups attached to an aromatic ring is 1. The summed E-state index contributed by atoms with van der Waals surface area (Å²) in [6.07, 6.45) is 4.58. The van der Waals surface area contributed by atoms with Crippen LogP contribution in [-0.2, 0) is 0 Å². The lowest BCUT2D eigenvalue weighted by molar-refractivity contribution is 0.499. The number of anilines is 2. The second-order valence-corrected chi connectivity index (χ2v) is 4.37. The van der Waals surface area contributed by atoms with Gasteiger partial charge in [-0.05, 0) is 13.0 Å². The SMILES string of the molecule is CC1=CCC(F)=C(Nc2c(N)c(F)cc(F)c2F)C=C1. The van der Waals surface area contributed by atoms with Crippen molar-refractivity contribution < 1.29 is 17.6 Å². The van der Waals surface area contributed by atoms with Crippen LogP contribution in [0.3, 0.4) is 0 Å². The van der Waals surface area contributed by atoms with E-state index in [0.29, 0.717) is 6.07 Å². The lowest BCUT2D eigenvalue weighted by Crippen LogP contribution is -2.08. The van der Waals surface area contributed by atoms with Crippen molar-refractivity contribution in [3.63, 3.8) is 0 Å². The summed E-state index contributed by atoms with van der Waals surface area (Å²) in [6, 6.07) is 0.342. The average Bonchev–Trinajstić information content (AvgIpc) is 2.56. The smallest absolute Gasteiger partial charge is 0.184 e. The third-order valence-corrected chi connectivity index (χ3v) is 2.88. The summed E-state index contributed by atoms with van der Waals surface area (Å²) >= 11 is 0. The van der Waals surface area contributed by atoms with Gasteiger partial charge in [0, 0.05) is 12.5 Å². The fraction of sp³-hybridized carbons (Fsp3) is 0.143. The van der Waals surface area contributed by atoms with Crippen LogP contribution in [-0.4, -0.2) is 0 Å². The third-order valence-electron chi connectivity index (χ3n) is 2.88. The molecule has 106 valence electrons. The van der Waals surface area contributed by atoms with Gasteiger partial charge in [0.05, 0.1) is 11.4 Å². The molecular formula is C14H12F4N2. The fourth-order valence-corrected chi connectivity index (χ4v) is 1.71. The highest BCUT2D eigenvalue weighted by molar-refractivity contribution is 5.70. The Morgan fingerprint density at radius 2 is 1.80 bits per heavy atom. The van der Waals surface area contributed by atoms with E-state index in [4.69, 9.17) is 5.73 Å². The molecule has 0 bridgehead atoms. The molecule has 0 fully saturated rings. The first kappa shape index (κ1) is 14.2. The molecule has 0 amide bonds. The molecule has 0 spiro atoms. The maximum absolute atomic E-state index is 13.8. The molecule has 0 aliphatic heterocycles. The molecule has 0 saturated heterocycles. The van der Waals surface area contributed by atoms with E-state index in [2.05, 4.69) is 5.32 Å². The normalized spacial score (nSPS) is 15.2. The molecule has 2 rings (SSSR count). The Morgan fingerprint density at radius 3 is 2.50 bits per heavy atom. The highest BCUT2D eigenvalue weighted by Gasteiger charge is 2.18. The molecule has 2 nitrogen and oxygen atoms in total. The zero-order chi connectivity index (χ0) is 14.9. The Balaban J connectivity index is 2.43. The Labute approximate surface area is 113 Å². The molecule has 1 aromatic rings. The van der Waals surface area contributed by atoms with E-state index in [0.717, 1.165) is 5.57 Å². The van der Waals surface area contributed by atoms with Crippen LogP contribution < -0.4 is 11.1 Å². The molecule has 1 aromatic carbocycles. The minimum Gasteiger partial charge on any atom is -0.395 e. The topological polar surface area (TPSA) is 38.0 Å². The first-order chi connectivity index (χ1) is 9.40. The minimum atomic E-state index is -1.40. The summed E-state index contributed by atoms with van der Waals surface area (Å²) in [6.45, 7) is 1.77. The van der Waals surface area contributed by atoms with Crippen LogP contribution in [0.4, 0.5) is 28.9 Å². The van der Waals surface area contributed by atoms with Crippen LogP contribution in [0.1, 0.15) is 13.3 Å². The number of allylic oxidation sites excluding steroid dienone is 5. The average molecular weight is 284 g/mol. The largest absolute Gasteiger partial charge is 0.395 e. The van der Waals surface area contributed by atoms with Gasteiger partial charge in [0.25, 0.3) is 0 Å². The standard InChI is InChI=1S/C14H12F4N2/c1-7-2-4-8(15)11(5-3-7)20-14-12(18)9(16)6-10(17)13(14)19/h2-3,5-6,20H,4,19H2,1H3. The minimum absolute atomic E-state index is 0.000484. The number of halogens is 4. The van der Waals surface area contributed by atoms with Crippen LogP contribution in [0.25, 0.3) is 0 Å². The van der Waals surface area contributed by atoms with Gasteiger partial charge >= 0.3 is 0 Å². The molecule has 0 radical (unpaired) electrons. The number of nitrogens with one attached hydrogen (secondary N) is 1. The summed E-state index contributed by atoms with van der Waals surface area (Å²) in [7, 11) is 0. The number of hydrogen-bond donors (Lipinski definition) is 2. The van der Waals surface area contributed by atoms with Crippen LogP contribution >= 0.6 is 0 Å². The molecule has 0 unspecified atom stereocenters. The van der Waals surface area contributed by atoms with E-state index < -0.39 is 34.7 Å². The predicted molar refractivity (Wildman–Crippen MR) is 70.0 cm³/mol. The molecule has 1 aliphatic rings. The monoisotopic (exact) mass is 284 g/mol. The first-order valence-electron chi connectivity index (χ1n) is 5.83. The van der Waals surface area contributed by atoms with Crippen LogP contribution in [0.2, 0.25) is 0 Å². The Kier molecular flexibility index (Phi) is 3.83. The highest BCUT2D eigenvalue weighted by Crippen LogP contribution is 2.30. The van der Waals surface area contributed by atoms with Gasteiger partial charge in [-0.3, -0.25) is 0 Å². The highest BCUT2D eigenvalue weighted by atomic mass is 19.2. The van der Waals surface area contributed by atoms with Crippen molar-refractivity contribution in [1.29, 1.82) is 0 Å². The summed E-state index contributed by atoms with van der Waals surface area (Å²) in [4.78, 5) is 0. The molecule has 0 heterocycles. The van der Waals surface area contributed by atoms with E-state index in [-0.39, 0.29) is 12.1 Å². The van der Waals surface area contributed by atoms with E-state index in [1.165, 1.54) is 6.08 Å². The lowest BCUT2D eigenvalue weighted by Gasteiger charge is -2.13. The second-order valence-electron chi connectivity index (χ2n) is 4.37. The van der Waals surface area contributed by atoms with Gasteiger partial charge in [0.1, 0.15) is 11.5 Å². The van der Waals surface area contributed by atoms with Gasteiger partial charge in [0.2, 0.25) is 0 Å². The van der Waals surface area contributed by atoms with Crippen molar-refractivity contribution in [1.82, 2.24) is 0 Å². The van der Waals surface area contributed by atoms with Gasteiger partial charge in [0.15, 0.2) is 17.5 Å². The summed E-state index contributed by atoms with van der Waals surface area (Å²) < 4.78 is 53.9. The molecule has 0 aromatic heterocycles. The van der Waals surface area contributed by atoms with Gasteiger partial charge in [-0.25, -0.2) is 17.6 Å². The van der Waals surface area contributed by atoms with Gasteiger partial charge in [-0.15, -0.1) is 0 Å².